The first-order valence-corrected chi connectivity index (χ1v) is 14.6. The Hall–Kier alpha value is -4.26. The van der Waals surface area contributed by atoms with Crippen molar-refractivity contribution in [1.82, 2.24) is 15.1 Å². The molecule has 2 aliphatic rings. The maximum absolute atomic E-state index is 13.9. The molecule has 7 heteroatoms. The molecule has 1 N–H and O–H groups in total. The zero-order valence-electron chi connectivity index (χ0n) is 23.6. The Balaban J connectivity index is 1.35. The Morgan fingerprint density at radius 1 is 0.854 bits per heavy atom. The molecule has 0 saturated heterocycles. The number of amides is 4. The molecule has 7 nitrogen and oxygen atoms in total. The molecule has 5 rings (SSSR count). The number of carbonyl (C=O) groups excluding carboxylic acids is 4. The number of carbonyl (C=O) groups is 4. The van der Waals surface area contributed by atoms with Crippen LogP contribution in [0.3, 0.4) is 0 Å². The molecule has 212 valence electrons. The van der Waals surface area contributed by atoms with E-state index in [1.165, 1.54) is 4.90 Å². The molecule has 1 heterocycles. The average molecular weight is 552 g/mol. The molecule has 1 aliphatic carbocycles. The second-order valence-electron chi connectivity index (χ2n) is 11.1. The largest absolute Gasteiger partial charge is 0.352 e. The van der Waals surface area contributed by atoms with Crippen LogP contribution >= 0.6 is 0 Å². The van der Waals surface area contributed by atoms with Gasteiger partial charge in [0.2, 0.25) is 11.8 Å². The minimum atomic E-state index is -0.689. The summed E-state index contributed by atoms with van der Waals surface area (Å²) in [6.07, 6.45) is 4.93. The van der Waals surface area contributed by atoms with Crippen molar-refractivity contribution in [2.75, 3.05) is 6.54 Å². The van der Waals surface area contributed by atoms with E-state index in [4.69, 9.17) is 0 Å². The second-order valence-corrected chi connectivity index (χ2v) is 11.1. The van der Waals surface area contributed by atoms with Gasteiger partial charge in [0.1, 0.15) is 6.04 Å². The van der Waals surface area contributed by atoms with Crippen molar-refractivity contribution in [2.24, 2.45) is 0 Å². The summed E-state index contributed by atoms with van der Waals surface area (Å²) < 4.78 is 0. The van der Waals surface area contributed by atoms with Crippen LogP contribution in [0.2, 0.25) is 0 Å². The van der Waals surface area contributed by atoms with Gasteiger partial charge in [-0.2, -0.15) is 0 Å². The third-order valence-electron chi connectivity index (χ3n) is 8.10. The van der Waals surface area contributed by atoms with E-state index in [2.05, 4.69) is 5.32 Å². The van der Waals surface area contributed by atoms with E-state index in [0.717, 1.165) is 42.4 Å². The lowest BCUT2D eigenvalue weighted by Crippen LogP contribution is -2.52. The van der Waals surface area contributed by atoms with Gasteiger partial charge in [0, 0.05) is 32.0 Å². The van der Waals surface area contributed by atoms with E-state index < -0.39 is 6.04 Å². The lowest BCUT2D eigenvalue weighted by molar-refractivity contribution is -0.141. The number of imide groups is 1. The van der Waals surface area contributed by atoms with Crippen LogP contribution in [0.5, 0.6) is 0 Å². The zero-order valence-corrected chi connectivity index (χ0v) is 23.6. The molecule has 0 bridgehead atoms. The monoisotopic (exact) mass is 551 g/mol. The number of aryl methyl sites for hydroxylation is 1. The van der Waals surface area contributed by atoms with Crippen molar-refractivity contribution in [1.29, 1.82) is 0 Å². The average Bonchev–Trinajstić information content (AvgIpc) is 3.58. The van der Waals surface area contributed by atoms with Crippen molar-refractivity contribution < 1.29 is 19.2 Å². The van der Waals surface area contributed by atoms with Crippen LogP contribution in [-0.4, -0.2) is 52.1 Å². The van der Waals surface area contributed by atoms with Crippen molar-refractivity contribution in [3.05, 3.63) is 107 Å². The number of hydrogen-bond donors (Lipinski definition) is 1. The summed E-state index contributed by atoms with van der Waals surface area (Å²) in [5, 5.41) is 3.22. The lowest BCUT2D eigenvalue weighted by atomic mass is 10.0. The van der Waals surface area contributed by atoms with E-state index >= 15 is 0 Å². The number of fused-ring (bicyclic) bond motifs is 1. The minimum absolute atomic E-state index is 0.112. The van der Waals surface area contributed by atoms with Crippen molar-refractivity contribution in [2.45, 2.75) is 70.5 Å². The highest BCUT2D eigenvalue weighted by Gasteiger charge is 2.36. The fourth-order valence-electron chi connectivity index (χ4n) is 5.79. The molecule has 0 radical (unpaired) electrons. The van der Waals surface area contributed by atoms with Crippen LogP contribution in [0.4, 0.5) is 0 Å². The first-order valence-electron chi connectivity index (χ1n) is 14.6. The molecule has 1 saturated carbocycles. The van der Waals surface area contributed by atoms with Gasteiger partial charge < -0.3 is 10.2 Å². The van der Waals surface area contributed by atoms with Crippen molar-refractivity contribution >= 4 is 23.6 Å². The summed E-state index contributed by atoms with van der Waals surface area (Å²) in [6.45, 7) is 2.45. The first kappa shape index (κ1) is 28.3. The topological polar surface area (TPSA) is 86.8 Å². The van der Waals surface area contributed by atoms with Gasteiger partial charge in [-0.1, -0.05) is 85.1 Å². The minimum Gasteiger partial charge on any atom is -0.352 e. The van der Waals surface area contributed by atoms with Crippen molar-refractivity contribution in [3.63, 3.8) is 0 Å². The molecule has 1 fully saturated rings. The predicted octanol–water partition coefficient (Wildman–Crippen LogP) is 5.07. The normalized spacial score (nSPS) is 15.6. The van der Waals surface area contributed by atoms with Crippen LogP contribution < -0.4 is 5.32 Å². The first-order chi connectivity index (χ1) is 19.9. The van der Waals surface area contributed by atoms with Gasteiger partial charge in [0.05, 0.1) is 11.1 Å². The quantitative estimate of drug-likeness (QED) is 0.337. The molecule has 0 unspecified atom stereocenters. The second kappa shape index (κ2) is 12.9. The number of nitrogens with zero attached hydrogens (tertiary/aromatic N) is 2. The fourth-order valence-corrected chi connectivity index (χ4v) is 5.79. The van der Waals surface area contributed by atoms with Crippen LogP contribution in [0.1, 0.15) is 75.9 Å². The molecule has 41 heavy (non-hydrogen) atoms. The Labute approximate surface area is 241 Å². The summed E-state index contributed by atoms with van der Waals surface area (Å²) in [5.41, 5.74) is 3.84. The summed E-state index contributed by atoms with van der Waals surface area (Å²) in [6, 6.07) is 24.0. The van der Waals surface area contributed by atoms with Gasteiger partial charge in [-0.05, 0) is 49.4 Å². The van der Waals surface area contributed by atoms with Gasteiger partial charge >= 0.3 is 0 Å². The third kappa shape index (κ3) is 6.73. The molecular formula is C34H37N3O4. The van der Waals surface area contributed by atoms with Crippen LogP contribution in [0.15, 0.2) is 78.9 Å². The van der Waals surface area contributed by atoms with E-state index in [-0.39, 0.29) is 42.6 Å². The molecule has 1 aliphatic heterocycles. The Kier molecular flexibility index (Phi) is 8.92. The van der Waals surface area contributed by atoms with Gasteiger partial charge in [-0.25, -0.2) is 0 Å². The molecule has 3 aromatic carbocycles. The SMILES string of the molecule is Cc1ccc(CN(C(=O)CCCN2C(=O)c3ccccc3C2=O)[C@@H](Cc2ccccc2)C(=O)NC2CCCC2)cc1. The molecule has 0 spiro atoms. The highest BCUT2D eigenvalue weighted by Crippen LogP contribution is 2.24. The highest BCUT2D eigenvalue weighted by atomic mass is 16.2. The van der Waals surface area contributed by atoms with Crippen LogP contribution in [0, 0.1) is 6.92 Å². The maximum Gasteiger partial charge on any atom is 0.261 e. The van der Waals surface area contributed by atoms with E-state index in [1.807, 2.05) is 61.5 Å². The van der Waals surface area contributed by atoms with E-state index in [9.17, 15) is 19.2 Å². The van der Waals surface area contributed by atoms with E-state index in [0.29, 0.717) is 30.5 Å². The van der Waals surface area contributed by atoms with Crippen LogP contribution in [-0.2, 0) is 22.6 Å². The third-order valence-corrected chi connectivity index (χ3v) is 8.10. The van der Waals surface area contributed by atoms with Gasteiger partial charge in [-0.3, -0.25) is 24.1 Å². The Morgan fingerprint density at radius 2 is 1.46 bits per heavy atom. The van der Waals surface area contributed by atoms with Gasteiger partial charge in [0.15, 0.2) is 0 Å². The lowest BCUT2D eigenvalue weighted by Gasteiger charge is -2.32. The fraction of sp³-hybridized carbons (Fsp3) is 0.353. The smallest absolute Gasteiger partial charge is 0.261 e. The molecular weight excluding hydrogens is 514 g/mol. The standard InChI is InChI=1S/C34H37N3O4/c1-24-17-19-26(20-18-24)23-37(30(22-25-10-3-2-4-11-25)32(39)35-27-12-5-6-13-27)31(38)16-9-21-36-33(40)28-14-7-8-15-29(28)34(36)41/h2-4,7-8,10-11,14-15,17-20,27,30H,5-6,9,12-13,16,21-23H2,1H3,(H,35,39)/t30-/m0/s1. The van der Waals surface area contributed by atoms with Gasteiger partial charge in [-0.15, -0.1) is 0 Å². The van der Waals surface area contributed by atoms with Crippen molar-refractivity contribution in [3.8, 4) is 0 Å². The number of hydrogen-bond acceptors (Lipinski definition) is 4. The highest BCUT2D eigenvalue weighted by molar-refractivity contribution is 6.21. The predicted molar refractivity (Wildman–Crippen MR) is 157 cm³/mol. The molecule has 1 atom stereocenters. The Morgan fingerprint density at radius 3 is 2.10 bits per heavy atom. The zero-order chi connectivity index (χ0) is 28.8. The van der Waals surface area contributed by atoms with E-state index in [1.54, 1.807) is 29.2 Å². The van der Waals surface area contributed by atoms with Crippen LogP contribution in [0.25, 0.3) is 0 Å². The number of benzene rings is 3. The molecule has 4 amide bonds. The summed E-state index contributed by atoms with van der Waals surface area (Å²) >= 11 is 0. The maximum atomic E-state index is 13.9. The molecule has 3 aromatic rings. The summed E-state index contributed by atoms with van der Waals surface area (Å²) in [4.78, 5) is 56.2. The number of nitrogens with one attached hydrogen (secondary N) is 1. The Bertz CT molecular complexity index is 1360. The summed E-state index contributed by atoms with van der Waals surface area (Å²) in [5.74, 6) is -0.967. The molecule has 0 aromatic heterocycles. The number of rotatable bonds is 11. The van der Waals surface area contributed by atoms with Gasteiger partial charge in [0.25, 0.3) is 11.8 Å². The summed E-state index contributed by atoms with van der Waals surface area (Å²) in [7, 11) is 0.